The van der Waals surface area contributed by atoms with E-state index in [0.29, 0.717) is 0 Å². The number of aliphatic hydroxyl groups is 2. The van der Waals surface area contributed by atoms with Gasteiger partial charge in [-0.25, -0.2) is 0 Å². The Labute approximate surface area is 114 Å². The smallest absolute Gasteiger partial charge is 0.0799 e. The third kappa shape index (κ3) is 11.0. The van der Waals surface area contributed by atoms with Crippen molar-refractivity contribution in [3.8, 4) is 0 Å². The van der Waals surface area contributed by atoms with Gasteiger partial charge < -0.3 is 10.2 Å². The fourth-order valence-corrected chi connectivity index (χ4v) is 2.30. The van der Waals surface area contributed by atoms with E-state index in [1.54, 1.807) is 0 Å². The summed E-state index contributed by atoms with van der Waals surface area (Å²) in [6, 6.07) is 0. The van der Waals surface area contributed by atoms with Crippen molar-refractivity contribution in [2.45, 2.75) is 103 Å². The van der Waals surface area contributed by atoms with Crippen molar-refractivity contribution < 1.29 is 10.2 Å². The molecule has 0 bridgehead atoms. The van der Waals surface area contributed by atoms with Gasteiger partial charge in [-0.15, -0.1) is 0 Å². The summed E-state index contributed by atoms with van der Waals surface area (Å²) in [6.45, 7) is 4.41. The number of unbranched alkanes of at least 4 members (excludes halogenated alkanes) is 8. The zero-order chi connectivity index (χ0) is 13.6. The molecular formula is C16H34O2. The van der Waals surface area contributed by atoms with Gasteiger partial charge in [0, 0.05) is 0 Å². The van der Waals surface area contributed by atoms with Crippen molar-refractivity contribution in [1.29, 1.82) is 0 Å². The van der Waals surface area contributed by atoms with E-state index in [2.05, 4.69) is 13.8 Å². The molecule has 0 aromatic rings. The number of rotatable bonds is 13. The Morgan fingerprint density at radius 2 is 0.889 bits per heavy atom. The number of hydrogen-bond donors (Lipinski definition) is 2. The van der Waals surface area contributed by atoms with Crippen LogP contribution in [0, 0.1) is 0 Å². The van der Waals surface area contributed by atoms with Gasteiger partial charge in [0.15, 0.2) is 0 Å². The van der Waals surface area contributed by atoms with Crippen LogP contribution in [-0.2, 0) is 0 Å². The van der Waals surface area contributed by atoms with Crippen LogP contribution in [0.5, 0.6) is 0 Å². The third-order valence-electron chi connectivity index (χ3n) is 3.65. The molecular weight excluding hydrogens is 224 g/mol. The average Bonchev–Trinajstić information content (AvgIpc) is 2.37. The standard InChI is InChI=1S/C16H34O2/c1-3-5-7-9-11-13-15(17)16(18)14-12-10-8-6-4-2/h15-18H,3-14H2,1-2H3. The van der Waals surface area contributed by atoms with Gasteiger partial charge in [-0.3, -0.25) is 0 Å². The number of hydrogen-bond acceptors (Lipinski definition) is 2. The van der Waals surface area contributed by atoms with Crippen LogP contribution in [-0.4, -0.2) is 22.4 Å². The summed E-state index contributed by atoms with van der Waals surface area (Å²) in [5, 5.41) is 19.7. The second-order valence-electron chi connectivity index (χ2n) is 5.54. The zero-order valence-electron chi connectivity index (χ0n) is 12.5. The van der Waals surface area contributed by atoms with Gasteiger partial charge in [0.05, 0.1) is 12.2 Å². The van der Waals surface area contributed by atoms with E-state index in [0.717, 1.165) is 25.7 Å². The van der Waals surface area contributed by atoms with Gasteiger partial charge >= 0.3 is 0 Å². The molecule has 0 aliphatic carbocycles. The molecule has 0 amide bonds. The van der Waals surface area contributed by atoms with Crippen LogP contribution in [0.1, 0.15) is 90.9 Å². The lowest BCUT2D eigenvalue weighted by atomic mass is 10.00. The quantitative estimate of drug-likeness (QED) is 0.480. The molecule has 0 aromatic heterocycles. The molecule has 0 saturated carbocycles. The van der Waals surface area contributed by atoms with Crippen molar-refractivity contribution in [2.24, 2.45) is 0 Å². The van der Waals surface area contributed by atoms with Gasteiger partial charge in [0.2, 0.25) is 0 Å². The molecule has 0 radical (unpaired) electrons. The highest BCUT2D eigenvalue weighted by Gasteiger charge is 2.14. The van der Waals surface area contributed by atoms with E-state index in [4.69, 9.17) is 0 Å². The molecule has 2 unspecified atom stereocenters. The molecule has 0 spiro atoms. The van der Waals surface area contributed by atoms with E-state index in [1.807, 2.05) is 0 Å². The van der Waals surface area contributed by atoms with E-state index in [-0.39, 0.29) is 0 Å². The van der Waals surface area contributed by atoms with Crippen LogP contribution < -0.4 is 0 Å². The minimum atomic E-state index is -0.502. The second-order valence-corrected chi connectivity index (χ2v) is 5.54. The van der Waals surface area contributed by atoms with Crippen molar-refractivity contribution in [3.05, 3.63) is 0 Å². The zero-order valence-corrected chi connectivity index (χ0v) is 12.5. The third-order valence-corrected chi connectivity index (χ3v) is 3.65. The van der Waals surface area contributed by atoms with Crippen LogP contribution in [0.3, 0.4) is 0 Å². The molecule has 0 aliphatic rings. The minimum absolute atomic E-state index is 0.502. The van der Waals surface area contributed by atoms with Crippen LogP contribution in [0.2, 0.25) is 0 Å². The van der Waals surface area contributed by atoms with E-state index < -0.39 is 12.2 Å². The Morgan fingerprint density at radius 3 is 1.22 bits per heavy atom. The summed E-state index contributed by atoms with van der Waals surface area (Å²) in [7, 11) is 0. The second kappa shape index (κ2) is 13.4. The highest BCUT2D eigenvalue weighted by molar-refractivity contribution is 4.67. The van der Waals surface area contributed by atoms with Gasteiger partial charge in [-0.2, -0.15) is 0 Å². The molecule has 0 aromatic carbocycles. The first-order chi connectivity index (χ1) is 8.72. The first-order valence-corrected chi connectivity index (χ1v) is 8.08. The van der Waals surface area contributed by atoms with Gasteiger partial charge in [0.25, 0.3) is 0 Å². The highest BCUT2D eigenvalue weighted by atomic mass is 16.3. The summed E-state index contributed by atoms with van der Waals surface area (Å²) >= 11 is 0. The highest BCUT2D eigenvalue weighted by Crippen LogP contribution is 2.14. The molecule has 0 heterocycles. The molecule has 2 N–H and O–H groups in total. The molecule has 2 nitrogen and oxygen atoms in total. The van der Waals surface area contributed by atoms with Gasteiger partial charge in [-0.1, -0.05) is 78.1 Å². The Morgan fingerprint density at radius 1 is 0.556 bits per heavy atom. The fourth-order valence-electron chi connectivity index (χ4n) is 2.30. The van der Waals surface area contributed by atoms with Crippen LogP contribution >= 0.6 is 0 Å². The molecule has 0 fully saturated rings. The lowest BCUT2D eigenvalue weighted by Crippen LogP contribution is -2.25. The Balaban J connectivity index is 3.36. The fraction of sp³-hybridized carbons (Fsp3) is 1.00. The Bertz CT molecular complexity index is 141. The summed E-state index contributed by atoms with van der Waals surface area (Å²) in [4.78, 5) is 0. The van der Waals surface area contributed by atoms with E-state index in [9.17, 15) is 10.2 Å². The molecule has 2 atom stereocenters. The molecule has 110 valence electrons. The summed E-state index contributed by atoms with van der Waals surface area (Å²) < 4.78 is 0. The minimum Gasteiger partial charge on any atom is -0.390 e. The van der Waals surface area contributed by atoms with Crippen molar-refractivity contribution in [1.82, 2.24) is 0 Å². The number of aliphatic hydroxyl groups excluding tert-OH is 2. The SMILES string of the molecule is CCCCCCCC(O)C(O)CCCCCCC. The molecule has 0 aliphatic heterocycles. The summed E-state index contributed by atoms with van der Waals surface area (Å²) in [5.41, 5.74) is 0. The monoisotopic (exact) mass is 258 g/mol. The molecule has 2 heteroatoms. The van der Waals surface area contributed by atoms with Crippen LogP contribution in [0.25, 0.3) is 0 Å². The lowest BCUT2D eigenvalue weighted by molar-refractivity contribution is 0.00712. The maximum atomic E-state index is 9.83. The van der Waals surface area contributed by atoms with Crippen LogP contribution in [0.15, 0.2) is 0 Å². The molecule has 0 rings (SSSR count). The maximum Gasteiger partial charge on any atom is 0.0799 e. The average molecular weight is 258 g/mol. The normalized spacial score (nSPS) is 14.7. The van der Waals surface area contributed by atoms with Gasteiger partial charge in [-0.05, 0) is 12.8 Å². The topological polar surface area (TPSA) is 40.5 Å². The Kier molecular flexibility index (Phi) is 13.3. The van der Waals surface area contributed by atoms with Crippen molar-refractivity contribution >= 4 is 0 Å². The van der Waals surface area contributed by atoms with Crippen molar-refractivity contribution in [3.63, 3.8) is 0 Å². The van der Waals surface area contributed by atoms with Crippen molar-refractivity contribution in [2.75, 3.05) is 0 Å². The van der Waals surface area contributed by atoms with Gasteiger partial charge in [0.1, 0.15) is 0 Å². The Hall–Kier alpha value is -0.0800. The first-order valence-electron chi connectivity index (χ1n) is 8.08. The van der Waals surface area contributed by atoms with E-state index >= 15 is 0 Å². The predicted octanol–water partition coefficient (Wildman–Crippen LogP) is 4.43. The predicted molar refractivity (Wildman–Crippen MR) is 78.8 cm³/mol. The largest absolute Gasteiger partial charge is 0.390 e. The summed E-state index contributed by atoms with van der Waals surface area (Å²) in [5.74, 6) is 0. The first kappa shape index (κ1) is 17.9. The lowest BCUT2D eigenvalue weighted by Gasteiger charge is -2.17. The molecule has 0 saturated heterocycles. The van der Waals surface area contributed by atoms with Crippen LogP contribution in [0.4, 0.5) is 0 Å². The summed E-state index contributed by atoms with van der Waals surface area (Å²) in [6.07, 6.45) is 12.6. The van der Waals surface area contributed by atoms with E-state index in [1.165, 1.54) is 51.4 Å². The maximum absolute atomic E-state index is 9.83. The molecule has 18 heavy (non-hydrogen) atoms.